The van der Waals surface area contributed by atoms with Crippen LogP contribution >= 0.6 is 27.3 Å². The highest BCUT2D eigenvalue weighted by Gasteiger charge is 2.33. The van der Waals surface area contributed by atoms with Gasteiger partial charge in [0.15, 0.2) is 9.84 Å². The number of benzene rings is 1. The molecule has 1 aromatic carbocycles. The Kier molecular flexibility index (Phi) is 5.68. The molecule has 0 radical (unpaired) electrons. The normalized spacial score (nSPS) is 13.6. The van der Waals surface area contributed by atoms with Crippen LogP contribution in [0.15, 0.2) is 78.2 Å². The molecule has 0 fully saturated rings. The molecule has 3 aromatic rings. The van der Waals surface area contributed by atoms with Crippen molar-refractivity contribution < 1.29 is 21.3 Å². The van der Waals surface area contributed by atoms with Crippen LogP contribution in [0.1, 0.15) is 11.0 Å². The van der Waals surface area contributed by atoms with Gasteiger partial charge in [-0.05, 0) is 47.8 Å². The number of sulfonamides is 1. The minimum absolute atomic E-state index is 0.0485. The molecule has 0 bridgehead atoms. The van der Waals surface area contributed by atoms with E-state index in [4.69, 9.17) is 4.42 Å². The highest BCUT2D eigenvalue weighted by molar-refractivity contribution is 9.10. The molecule has 1 atom stereocenters. The fraction of sp³-hybridized carbons (Fsp3) is 0.125. The van der Waals surface area contributed by atoms with Gasteiger partial charge in [0.25, 0.3) is 0 Å². The van der Waals surface area contributed by atoms with Gasteiger partial charge >= 0.3 is 0 Å². The molecule has 26 heavy (non-hydrogen) atoms. The van der Waals surface area contributed by atoms with E-state index in [0.29, 0.717) is 0 Å². The van der Waals surface area contributed by atoms with Crippen LogP contribution in [0.3, 0.4) is 0 Å². The summed E-state index contributed by atoms with van der Waals surface area (Å²) in [5.41, 5.74) is 0. The first-order valence-corrected chi connectivity index (χ1v) is 12.1. The summed E-state index contributed by atoms with van der Waals surface area (Å²) in [6.45, 7) is -0.341. The number of sulfone groups is 1. The van der Waals surface area contributed by atoms with Crippen molar-refractivity contribution in [1.29, 1.82) is 0 Å². The number of thiophene rings is 1. The van der Waals surface area contributed by atoms with Gasteiger partial charge in [0.1, 0.15) is 15.2 Å². The van der Waals surface area contributed by atoms with Gasteiger partial charge < -0.3 is 4.42 Å². The second-order valence-corrected chi connectivity index (χ2v) is 11.3. The van der Waals surface area contributed by atoms with Crippen LogP contribution in [-0.2, 0) is 19.9 Å². The molecular weight excluding hydrogens is 462 g/mol. The molecule has 0 saturated heterocycles. The SMILES string of the molecule is O=S(=O)(NCC(c1ccco1)S(=O)(=O)c1cccs1)c1ccc(Br)cc1. The smallest absolute Gasteiger partial charge is 0.240 e. The monoisotopic (exact) mass is 475 g/mol. The maximum Gasteiger partial charge on any atom is 0.240 e. The average molecular weight is 476 g/mol. The Morgan fingerprint density at radius 1 is 1.04 bits per heavy atom. The summed E-state index contributed by atoms with van der Waals surface area (Å²) in [4.78, 5) is 0.0485. The molecule has 6 nitrogen and oxygen atoms in total. The number of hydrogen-bond acceptors (Lipinski definition) is 6. The molecule has 2 aromatic heterocycles. The Hall–Kier alpha value is -1.46. The highest BCUT2D eigenvalue weighted by atomic mass is 79.9. The summed E-state index contributed by atoms with van der Waals surface area (Å²) in [6.07, 6.45) is 1.36. The van der Waals surface area contributed by atoms with E-state index in [9.17, 15) is 16.8 Å². The zero-order chi connectivity index (χ0) is 18.8. The van der Waals surface area contributed by atoms with Gasteiger partial charge in [-0.15, -0.1) is 11.3 Å². The number of nitrogens with one attached hydrogen (secondary N) is 1. The van der Waals surface area contributed by atoms with Gasteiger partial charge in [0.05, 0.1) is 11.2 Å². The Morgan fingerprint density at radius 3 is 2.35 bits per heavy atom. The summed E-state index contributed by atoms with van der Waals surface area (Å²) in [5, 5.41) is 0.485. The number of rotatable bonds is 7. The first-order valence-electron chi connectivity index (χ1n) is 7.37. The number of furan rings is 1. The van der Waals surface area contributed by atoms with Crippen molar-refractivity contribution in [3.05, 3.63) is 70.4 Å². The maximum absolute atomic E-state index is 12.9. The predicted molar refractivity (Wildman–Crippen MR) is 102 cm³/mol. The van der Waals surface area contributed by atoms with Crippen LogP contribution in [0.5, 0.6) is 0 Å². The second-order valence-electron chi connectivity index (χ2n) is 5.29. The molecule has 138 valence electrons. The van der Waals surface area contributed by atoms with Crippen molar-refractivity contribution in [3.8, 4) is 0 Å². The van der Waals surface area contributed by atoms with Gasteiger partial charge in [-0.1, -0.05) is 22.0 Å². The molecule has 3 rings (SSSR count). The molecule has 0 amide bonds. The van der Waals surface area contributed by atoms with Gasteiger partial charge in [-0.25, -0.2) is 21.6 Å². The van der Waals surface area contributed by atoms with E-state index in [0.717, 1.165) is 15.8 Å². The molecule has 0 aliphatic heterocycles. The van der Waals surface area contributed by atoms with Gasteiger partial charge in [-0.2, -0.15) is 0 Å². The number of hydrogen-bond donors (Lipinski definition) is 1. The minimum Gasteiger partial charge on any atom is -0.468 e. The van der Waals surface area contributed by atoms with Crippen LogP contribution in [0, 0.1) is 0 Å². The fourth-order valence-electron chi connectivity index (χ4n) is 2.29. The summed E-state index contributed by atoms with van der Waals surface area (Å²) in [6, 6.07) is 12.3. The first-order chi connectivity index (χ1) is 12.3. The molecule has 2 heterocycles. The van der Waals surface area contributed by atoms with E-state index >= 15 is 0 Å². The zero-order valence-corrected chi connectivity index (χ0v) is 17.2. The lowest BCUT2D eigenvalue weighted by Crippen LogP contribution is -2.31. The van der Waals surface area contributed by atoms with Crippen molar-refractivity contribution in [3.63, 3.8) is 0 Å². The Morgan fingerprint density at radius 2 is 1.77 bits per heavy atom. The van der Waals surface area contributed by atoms with Crippen molar-refractivity contribution >= 4 is 47.1 Å². The van der Waals surface area contributed by atoms with Crippen molar-refractivity contribution in [2.45, 2.75) is 14.4 Å². The van der Waals surface area contributed by atoms with Crippen molar-refractivity contribution in [1.82, 2.24) is 4.72 Å². The minimum atomic E-state index is -3.87. The fourth-order valence-corrected chi connectivity index (χ4v) is 6.49. The van der Waals surface area contributed by atoms with Crippen LogP contribution in [0.2, 0.25) is 0 Å². The van der Waals surface area contributed by atoms with Gasteiger partial charge in [0, 0.05) is 11.0 Å². The van der Waals surface area contributed by atoms with Crippen molar-refractivity contribution in [2.75, 3.05) is 6.54 Å². The molecule has 0 saturated carbocycles. The highest BCUT2D eigenvalue weighted by Crippen LogP contribution is 2.31. The molecule has 0 aliphatic rings. The second kappa shape index (κ2) is 7.65. The Balaban J connectivity index is 1.89. The molecule has 0 spiro atoms. The molecule has 1 N–H and O–H groups in total. The zero-order valence-electron chi connectivity index (χ0n) is 13.2. The Bertz CT molecular complexity index is 1060. The van der Waals surface area contributed by atoms with Crippen LogP contribution in [0.25, 0.3) is 0 Å². The Labute approximate surface area is 164 Å². The third-order valence-electron chi connectivity index (χ3n) is 3.59. The van der Waals surface area contributed by atoms with Gasteiger partial charge in [0.2, 0.25) is 10.0 Å². The quantitative estimate of drug-likeness (QED) is 0.563. The summed E-state index contributed by atoms with van der Waals surface area (Å²) < 4.78 is 59.3. The molecule has 10 heteroatoms. The first kappa shape index (κ1) is 19.3. The topological polar surface area (TPSA) is 93.4 Å². The summed E-state index contributed by atoms with van der Waals surface area (Å²) >= 11 is 4.32. The van der Waals surface area contributed by atoms with E-state index in [-0.39, 0.29) is 21.4 Å². The van der Waals surface area contributed by atoms with Crippen LogP contribution in [0.4, 0.5) is 0 Å². The van der Waals surface area contributed by atoms with E-state index < -0.39 is 25.1 Å². The summed E-state index contributed by atoms with van der Waals surface area (Å²) in [5.74, 6) is 0.178. The maximum atomic E-state index is 12.9. The lowest BCUT2D eigenvalue weighted by molar-refractivity contribution is 0.487. The lowest BCUT2D eigenvalue weighted by atomic mass is 10.3. The summed E-state index contributed by atoms with van der Waals surface area (Å²) in [7, 11) is -7.67. The molecular formula is C16H14BrNO5S3. The van der Waals surface area contributed by atoms with Crippen molar-refractivity contribution in [2.24, 2.45) is 0 Å². The predicted octanol–water partition coefficient (Wildman–Crippen LogP) is 3.60. The van der Waals surface area contributed by atoms with Crippen LogP contribution < -0.4 is 4.72 Å². The average Bonchev–Trinajstić information content (AvgIpc) is 3.29. The number of halogens is 1. The van der Waals surface area contributed by atoms with E-state index in [1.54, 1.807) is 29.6 Å². The third-order valence-corrected chi connectivity index (χ3v) is 9.05. The van der Waals surface area contributed by atoms with E-state index in [1.807, 2.05) is 0 Å². The largest absolute Gasteiger partial charge is 0.468 e. The molecule has 0 aliphatic carbocycles. The van der Waals surface area contributed by atoms with Crippen LogP contribution in [-0.4, -0.2) is 23.4 Å². The van der Waals surface area contributed by atoms with E-state index in [1.165, 1.54) is 30.5 Å². The van der Waals surface area contributed by atoms with Gasteiger partial charge in [-0.3, -0.25) is 0 Å². The van der Waals surface area contributed by atoms with E-state index in [2.05, 4.69) is 20.7 Å². The lowest BCUT2D eigenvalue weighted by Gasteiger charge is -2.16. The standard InChI is InChI=1S/C16H14BrNO5S3/c17-12-5-7-13(8-6-12)26(21,22)18-11-15(14-3-1-9-23-14)25(19,20)16-4-2-10-24-16/h1-10,15,18H,11H2. The third kappa shape index (κ3) is 4.09. The molecule has 1 unspecified atom stereocenters.